The fourth-order valence-electron chi connectivity index (χ4n) is 1.76. The van der Waals surface area contributed by atoms with E-state index < -0.39 is 0 Å². The predicted octanol–water partition coefficient (Wildman–Crippen LogP) is 0.0857. The number of aryl methyl sites for hydroxylation is 1. The van der Waals surface area contributed by atoms with Crippen LogP contribution in [0.25, 0.3) is 5.82 Å². The molecule has 0 saturated heterocycles. The minimum atomic E-state index is -0.325. The fourth-order valence-corrected chi connectivity index (χ4v) is 1.76. The molecule has 9 nitrogen and oxygen atoms in total. The molecule has 110 valence electrons. The van der Waals surface area contributed by atoms with Gasteiger partial charge in [0.05, 0.1) is 12.2 Å². The lowest BCUT2D eigenvalue weighted by atomic mass is 10.3. The van der Waals surface area contributed by atoms with Crippen LogP contribution in [-0.2, 0) is 6.54 Å². The van der Waals surface area contributed by atoms with Crippen LogP contribution in [0.15, 0.2) is 37.2 Å². The Morgan fingerprint density at radius 1 is 1.23 bits per heavy atom. The van der Waals surface area contributed by atoms with Gasteiger partial charge < -0.3 is 5.32 Å². The van der Waals surface area contributed by atoms with E-state index in [0.717, 1.165) is 11.4 Å². The maximum Gasteiger partial charge on any atom is 0.272 e. The average molecular weight is 296 g/mol. The highest BCUT2D eigenvalue weighted by molar-refractivity contribution is 5.92. The van der Waals surface area contributed by atoms with E-state index in [9.17, 15) is 4.79 Å². The molecule has 0 atom stereocenters. The standard InChI is InChI=1S/C13H12N8O/c1-9-4-10(17-7-16-9)5-15-13(22)11-2-3-12(20-19-11)21-8-14-6-18-21/h2-4,6-8H,5H2,1H3,(H,15,22). The van der Waals surface area contributed by atoms with Gasteiger partial charge in [0, 0.05) is 5.69 Å². The molecule has 3 aromatic rings. The third-order valence-corrected chi connectivity index (χ3v) is 2.83. The van der Waals surface area contributed by atoms with Crippen LogP contribution in [0.2, 0.25) is 0 Å². The highest BCUT2D eigenvalue weighted by Crippen LogP contribution is 2.02. The molecule has 0 aliphatic carbocycles. The molecular weight excluding hydrogens is 284 g/mol. The first-order valence-corrected chi connectivity index (χ1v) is 6.47. The first-order valence-electron chi connectivity index (χ1n) is 6.47. The Hall–Kier alpha value is -3.23. The number of nitrogens with zero attached hydrogens (tertiary/aromatic N) is 7. The summed E-state index contributed by atoms with van der Waals surface area (Å²) in [5, 5.41) is 14.5. The quantitative estimate of drug-likeness (QED) is 0.726. The van der Waals surface area contributed by atoms with Crippen LogP contribution in [0, 0.1) is 6.92 Å². The Bertz CT molecular complexity index is 769. The topological polar surface area (TPSA) is 111 Å². The van der Waals surface area contributed by atoms with Crippen LogP contribution in [0.3, 0.4) is 0 Å². The molecule has 9 heteroatoms. The van der Waals surface area contributed by atoms with Crippen LogP contribution >= 0.6 is 0 Å². The Morgan fingerprint density at radius 2 is 2.14 bits per heavy atom. The Kier molecular flexibility index (Phi) is 3.77. The van der Waals surface area contributed by atoms with Crippen LogP contribution < -0.4 is 5.32 Å². The van der Waals surface area contributed by atoms with Gasteiger partial charge in [0.2, 0.25) is 0 Å². The first-order chi connectivity index (χ1) is 10.7. The third-order valence-electron chi connectivity index (χ3n) is 2.83. The van der Waals surface area contributed by atoms with Crippen LogP contribution in [0.4, 0.5) is 0 Å². The minimum absolute atomic E-state index is 0.217. The second-order valence-corrected chi connectivity index (χ2v) is 4.45. The molecule has 0 radical (unpaired) electrons. The van der Waals surface area contributed by atoms with Gasteiger partial charge >= 0.3 is 0 Å². The number of rotatable bonds is 4. The van der Waals surface area contributed by atoms with E-state index >= 15 is 0 Å². The first kappa shape index (κ1) is 13.7. The highest BCUT2D eigenvalue weighted by Gasteiger charge is 2.09. The molecule has 0 saturated carbocycles. The van der Waals surface area contributed by atoms with Crippen LogP contribution in [0.1, 0.15) is 21.9 Å². The second-order valence-electron chi connectivity index (χ2n) is 4.45. The summed E-state index contributed by atoms with van der Waals surface area (Å²) in [6, 6.07) is 5.02. The largest absolute Gasteiger partial charge is 0.345 e. The zero-order valence-corrected chi connectivity index (χ0v) is 11.7. The second kappa shape index (κ2) is 6.04. The molecule has 0 unspecified atom stereocenters. The van der Waals surface area contributed by atoms with E-state index in [1.54, 1.807) is 18.2 Å². The zero-order chi connectivity index (χ0) is 15.4. The molecule has 0 aliphatic heterocycles. The Balaban J connectivity index is 1.65. The Labute approximate surface area is 125 Å². The fraction of sp³-hybridized carbons (Fsp3) is 0.154. The molecule has 0 aliphatic rings. The van der Waals surface area contributed by atoms with Crippen molar-refractivity contribution in [3.05, 3.63) is 54.3 Å². The summed E-state index contributed by atoms with van der Waals surface area (Å²) in [5.41, 5.74) is 1.79. The van der Waals surface area contributed by atoms with E-state index in [1.165, 1.54) is 23.7 Å². The normalized spacial score (nSPS) is 10.4. The molecule has 0 fully saturated rings. The van der Waals surface area contributed by atoms with Gasteiger partial charge in [-0.05, 0) is 25.1 Å². The lowest BCUT2D eigenvalue weighted by Crippen LogP contribution is -2.24. The van der Waals surface area contributed by atoms with Gasteiger partial charge in [0.1, 0.15) is 19.0 Å². The summed E-state index contributed by atoms with van der Waals surface area (Å²) in [7, 11) is 0. The van der Waals surface area contributed by atoms with Gasteiger partial charge in [-0.3, -0.25) is 4.79 Å². The number of carbonyl (C=O) groups is 1. The molecular formula is C13H12N8O. The van der Waals surface area contributed by atoms with E-state index in [2.05, 4.69) is 35.6 Å². The average Bonchev–Trinajstić information content (AvgIpc) is 3.07. The summed E-state index contributed by atoms with van der Waals surface area (Å²) >= 11 is 0. The van der Waals surface area contributed by atoms with Crippen molar-refractivity contribution in [2.45, 2.75) is 13.5 Å². The molecule has 3 rings (SSSR count). The van der Waals surface area contributed by atoms with Crippen molar-refractivity contribution in [2.24, 2.45) is 0 Å². The molecule has 3 heterocycles. The van der Waals surface area contributed by atoms with Crippen molar-refractivity contribution < 1.29 is 4.79 Å². The number of amides is 1. The van der Waals surface area contributed by atoms with Gasteiger partial charge in [-0.1, -0.05) is 0 Å². The molecule has 3 aromatic heterocycles. The number of carbonyl (C=O) groups excluding carboxylic acids is 1. The molecule has 0 aromatic carbocycles. The van der Waals surface area contributed by atoms with Crippen LogP contribution in [0.5, 0.6) is 0 Å². The van der Waals surface area contributed by atoms with Crippen molar-refractivity contribution >= 4 is 5.91 Å². The van der Waals surface area contributed by atoms with Gasteiger partial charge in [-0.2, -0.15) is 5.10 Å². The van der Waals surface area contributed by atoms with E-state index in [-0.39, 0.29) is 11.6 Å². The van der Waals surface area contributed by atoms with Gasteiger partial charge in [0.15, 0.2) is 11.5 Å². The van der Waals surface area contributed by atoms with Gasteiger partial charge in [-0.15, -0.1) is 10.2 Å². The van der Waals surface area contributed by atoms with Crippen molar-refractivity contribution in [1.29, 1.82) is 0 Å². The van der Waals surface area contributed by atoms with Crippen molar-refractivity contribution in [3.63, 3.8) is 0 Å². The molecule has 0 spiro atoms. The van der Waals surface area contributed by atoms with E-state index in [0.29, 0.717) is 12.4 Å². The summed E-state index contributed by atoms with van der Waals surface area (Å²) in [5.74, 6) is 0.161. The molecule has 0 bridgehead atoms. The number of aromatic nitrogens is 7. The summed E-state index contributed by atoms with van der Waals surface area (Å²) < 4.78 is 1.46. The molecule has 22 heavy (non-hydrogen) atoms. The van der Waals surface area contributed by atoms with Gasteiger partial charge in [0.25, 0.3) is 5.91 Å². The number of hydrogen-bond donors (Lipinski definition) is 1. The third kappa shape index (κ3) is 3.08. The van der Waals surface area contributed by atoms with Crippen molar-refractivity contribution in [1.82, 2.24) is 40.2 Å². The minimum Gasteiger partial charge on any atom is -0.345 e. The lowest BCUT2D eigenvalue weighted by Gasteiger charge is -2.05. The summed E-state index contributed by atoms with van der Waals surface area (Å²) in [6.45, 7) is 2.16. The smallest absolute Gasteiger partial charge is 0.272 e. The Morgan fingerprint density at radius 3 is 2.82 bits per heavy atom. The lowest BCUT2D eigenvalue weighted by molar-refractivity contribution is 0.0944. The van der Waals surface area contributed by atoms with E-state index in [1.807, 2.05) is 6.92 Å². The maximum atomic E-state index is 12.0. The maximum absolute atomic E-state index is 12.0. The van der Waals surface area contributed by atoms with Crippen LogP contribution in [-0.4, -0.2) is 40.8 Å². The zero-order valence-electron chi connectivity index (χ0n) is 11.7. The monoisotopic (exact) mass is 296 g/mol. The molecule has 1 N–H and O–H groups in total. The SMILES string of the molecule is Cc1cc(CNC(=O)c2ccc(-n3cncn3)nn2)ncn1. The van der Waals surface area contributed by atoms with Gasteiger partial charge in [-0.25, -0.2) is 19.6 Å². The summed E-state index contributed by atoms with van der Waals surface area (Å²) in [4.78, 5) is 23.9. The number of hydrogen-bond acceptors (Lipinski definition) is 7. The van der Waals surface area contributed by atoms with Crippen molar-refractivity contribution in [2.75, 3.05) is 0 Å². The summed E-state index contributed by atoms with van der Waals surface area (Å²) in [6.07, 6.45) is 4.36. The molecule has 1 amide bonds. The van der Waals surface area contributed by atoms with E-state index in [4.69, 9.17) is 0 Å². The predicted molar refractivity (Wildman–Crippen MR) is 74.9 cm³/mol. The highest BCUT2D eigenvalue weighted by atomic mass is 16.1. The van der Waals surface area contributed by atoms with Crippen molar-refractivity contribution in [3.8, 4) is 5.82 Å². The number of nitrogens with one attached hydrogen (secondary N) is 1.